The Labute approximate surface area is 127 Å². The highest BCUT2D eigenvalue weighted by molar-refractivity contribution is 5.22. The molecule has 0 saturated carbocycles. The summed E-state index contributed by atoms with van der Waals surface area (Å²) in [6.07, 6.45) is 1.50. The molecule has 1 aliphatic rings. The maximum atomic E-state index is 9.64. The van der Waals surface area contributed by atoms with Gasteiger partial charge in [0.25, 0.3) is 0 Å². The number of benzene rings is 1. The standard InChI is InChI=1S/C17H28N2O2/c1-17(2,21)8-9-18-11-14-3-5-15(6-4-14)12-19-10-7-16(20)13-19/h3-6,16,18,20-21H,7-13H2,1-2H3. The molecule has 1 unspecified atom stereocenters. The monoisotopic (exact) mass is 292 g/mol. The number of aliphatic hydroxyl groups is 2. The SMILES string of the molecule is CC(C)(O)CCNCc1ccc(CN2CCC(O)C2)cc1. The van der Waals surface area contributed by atoms with E-state index in [1.165, 1.54) is 11.1 Å². The number of aliphatic hydroxyl groups excluding tert-OH is 1. The molecular formula is C17H28N2O2. The van der Waals surface area contributed by atoms with Crippen LogP contribution in [0.3, 0.4) is 0 Å². The summed E-state index contributed by atoms with van der Waals surface area (Å²) < 4.78 is 0. The van der Waals surface area contributed by atoms with E-state index in [0.717, 1.165) is 45.6 Å². The Morgan fingerprint density at radius 1 is 1.24 bits per heavy atom. The molecule has 3 N–H and O–H groups in total. The number of nitrogens with one attached hydrogen (secondary N) is 1. The zero-order valence-electron chi connectivity index (χ0n) is 13.2. The predicted molar refractivity (Wildman–Crippen MR) is 85.0 cm³/mol. The maximum absolute atomic E-state index is 9.64. The fourth-order valence-corrected chi connectivity index (χ4v) is 2.60. The topological polar surface area (TPSA) is 55.7 Å². The molecule has 1 saturated heterocycles. The van der Waals surface area contributed by atoms with Gasteiger partial charge in [0, 0.05) is 26.2 Å². The van der Waals surface area contributed by atoms with Crippen LogP contribution in [0.5, 0.6) is 0 Å². The van der Waals surface area contributed by atoms with E-state index in [-0.39, 0.29) is 6.10 Å². The van der Waals surface area contributed by atoms with E-state index < -0.39 is 5.60 Å². The number of β-amino-alcohol motifs (C(OH)–C–C–N with tert-alkyl or cyclic N) is 1. The lowest BCUT2D eigenvalue weighted by atomic mass is 10.1. The molecule has 1 fully saturated rings. The van der Waals surface area contributed by atoms with E-state index in [0.29, 0.717) is 0 Å². The van der Waals surface area contributed by atoms with Gasteiger partial charge in [-0.2, -0.15) is 0 Å². The van der Waals surface area contributed by atoms with Gasteiger partial charge in [-0.1, -0.05) is 24.3 Å². The molecule has 0 amide bonds. The number of nitrogens with zero attached hydrogens (tertiary/aromatic N) is 1. The molecule has 1 aliphatic heterocycles. The average molecular weight is 292 g/mol. The Kier molecular flexibility index (Phi) is 5.76. The molecule has 0 aliphatic carbocycles. The van der Waals surface area contributed by atoms with Crippen LogP contribution in [0, 0.1) is 0 Å². The highest BCUT2D eigenvalue weighted by Gasteiger charge is 2.19. The summed E-state index contributed by atoms with van der Waals surface area (Å²) in [5, 5.41) is 22.5. The summed E-state index contributed by atoms with van der Waals surface area (Å²) in [6, 6.07) is 8.63. The van der Waals surface area contributed by atoms with Crippen LogP contribution in [-0.4, -0.2) is 46.5 Å². The van der Waals surface area contributed by atoms with Gasteiger partial charge in [-0.15, -0.1) is 0 Å². The van der Waals surface area contributed by atoms with E-state index in [1.54, 1.807) is 0 Å². The van der Waals surface area contributed by atoms with E-state index in [1.807, 2.05) is 13.8 Å². The molecule has 2 rings (SSSR count). The van der Waals surface area contributed by atoms with Crippen LogP contribution in [0.1, 0.15) is 37.8 Å². The molecular weight excluding hydrogens is 264 g/mol. The Morgan fingerprint density at radius 2 is 1.90 bits per heavy atom. The molecule has 1 heterocycles. The summed E-state index contributed by atoms with van der Waals surface area (Å²) in [5.41, 5.74) is 1.96. The summed E-state index contributed by atoms with van der Waals surface area (Å²) in [7, 11) is 0. The van der Waals surface area contributed by atoms with Crippen molar-refractivity contribution in [1.29, 1.82) is 0 Å². The highest BCUT2D eigenvalue weighted by atomic mass is 16.3. The summed E-state index contributed by atoms with van der Waals surface area (Å²) in [5.74, 6) is 0. The molecule has 1 aromatic rings. The zero-order chi connectivity index (χ0) is 15.3. The Morgan fingerprint density at radius 3 is 2.48 bits per heavy atom. The van der Waals surface area contributed by atoms with Crippen molar-refractivity contribution in [3.63, 3.8) is 0 Å². The van der Waals surface area contributed by atoms with Gasteiger partial charge in [0.2, 0.25) is 0 Å². The molecule has 4 heteroatoms. The van der Waals surface area contributed by atoms with E-state index in [9.17, 15) is 10.2 Å². The normalized spacial score (nSPS) is 20.1. The largest absolute Gasteiger partial charge is 0.392 e. The van der Waals surface area contributed by atoms with Gasteiger partial charge in [-0.25, -0.2) is 0 Å². The third kappa shape index (κ3) is 6.14. The van der Waals surface area contributed by atoms with Gasteiger partial charge >= 0.3 is 0 Å². The average Bonchev–Trinajstić information content (AvgIpc) is 2.81. The fourth-order valence-electron chi connectivity index (χ4n) is 2.60. The minimum Gasteiger partial charge on any atom is -0.392 e. The van der Waals surface area contributed by atoms with Crippen LogP contribution in [-0.2, 0) is 13.1 Å². The summed E-state index contributed by atoms with van der Waals surface area (Å²) in [4.78, 5) is 2.29. The van der Waals surface area contributed by atoms with Crippen molar-refractivity contribution < 1.29 is 10.2 Å². The second kappa shape index (κ2) is 7.36. The van der Waals surface area contributed by atoms with Crippen molar-refractivity contribution in [3.8, 4) is 0 Å². The third-order valence-corrected chi connectivity index (χ3v) is 3.92. The summed E-state index contributed by atoms with van der Waals surface area (Å²) >= 11 is 0. The number of likely N-dealkylation sites (tertiary alicyclic amines) is 1. The second-order valence-electron chi connectivity index (χ2n) is 6.73. The van der Waals surface area contributed by atoms with Gasteiger partial charge in [0.15, 0.2) is 0 Å². The molecule has 21 heavy (non-hydrogen) atoms. The quantitative estimate of drug-likeness (QED) is 0.667. The van der Waals surface area contributed by atoms with Gasteiger partial charge in [0.1, 0.15) is 0 Å². The molecule has 118 valence electrons. The van der Waals surface area contributed by atoms with Crippen molar-refractivity contribution in [2.45, 2.75) is 51.5 Å². The Bertz CT molecular complexity index is 425. The molecule has 0 aromatic heterocycles. The molecule has 1 aromatic carbocycles. The fraction of sp³-hybridized carbons (Fsp3) is 0.647. The first-order chi connectivity index (χ1) is 9.92. The van der Waals surface area contributed by atoms with Crippen LogP contribution in [0.2, 0.25) is 0 Å². The van der Waals surface area contributed by atoms with E-state index in [2.05, 4.69) is 34.5 Å². The van der Waals surface area contributed by atoms with E-state index >= 15 is 0 Å². The van der Waals surface area contributed by atoms with Crippen LogP contribution in [0.25, 0.3) is 0 Å². The third-order valence-electron chi connectivity index (χ3n) is 3.92. The smallest absolute Gasteiger partial charge is 0.0679 e. The lowest BCUT2D eigenvalue weighted by molar-refractivity contribution is 0.0711. The number of hydrogen-bond acceptors (Lipinski definition) is 4. The van der Waals surface area contributed by atoms with Crippen molar-refractivity contribution in [2.75, 3.05) is 19.6 Å². The molecule has 0 spiro atoms. The predicted octanol–water partition coefficient (Wildman–Crippen LogP) is 1.50. The van der Waals surface area contributed by atoms with Gasteiger partial charge < -0.3 is 15.5 Å². The van der Waals surface area contributed by atoms with Crippen LogP contribution >= 0.6 is 0 Å². The lowest BCUT2D eigenvalue weighted by Crippen LogP contribution is -2.26. The van der Waals surface area contributed by atoms with Crippen molar-refractivity contribution in [2.24, 2.45) is 0 Å². The van der Waals surface area contributed by atoms with E-state index in [4.69, 9.17) is 0 Å². The van der Waals surface area contributed by atoms with Crippen molar-refractivity contribution >= 4 is 0 Å². The minimum atomic E-state index is -0.600. The Balaban J connectivity index is 1.72. The number of rotatable bonds is 7. The molecule has 1 atom stereocenters. The highest BCUT2D eigenvalue weighted by Crippen LogP contribution is 2.14. The van der Waals surface area contributed by atoms with Gasteiger partial charge in [-0.05, 0) is 44.4 Å². The first-order valence-corrected chi connectivity index (χ1v) is 7.84. The van der Waals surface area contributed by atoms with Crippen molar-refractivity contribution in [3.05, 3.63) is 35.4 Å². The maximum Gasteiger partial charge on any atom is 0.0679 e. The Hall–Kier alpha value is -0.940. The zero-order valence-corrected chi connectivity index (χ0v) is 13.2. The lowest BCUT2D eigenvalue weighted by Gasteiger charge is -2.17. The minimum absolute atomic E-state index is 0.149. The van der Waals surface area contributed by atoms with Crippen LogP contribution < -0.4 is 5.32 Å². The van der Waals surface area contributed by atoms with Crippen LogP contribution in [0.15, 0.2) is 24.3 Å². The molecule has 4 nitrogen and oxygen atoms in total. The number of hydrogen-bond donors (Lipinski definition) is 3. The van der Waals surface area contributed by atoms with Gasteiger partial charge in [0.05, 0.1) is 11.7 Å². The van der Waals surface area contributed by atoms with Crippen molar-refractivity contribution in [1.82, 2.24) is 10.2 Å². The molecule has 0 bridgehead atoms. The summed E-state index contributed by atoms with van der Waals surface area (Å²) in [6.45, 7) is 8.01. The van der Waals surface area contributed by atoms with Gasteiger partial charge in [-0.3, -0.25) is 4.90 Å². The second-order valence-corrected chi connectivity index (χ2v) is 6.73. The molecule has 0 radical (unpaired) electrons. The first-order valence-electron chi connectivity index (χ1n) is 7.84. The first kappa shape index (κ1) is 16.4. The van der Waals surface area contributed by atoms with Crippen LogP contribution in [0.4, 0.5) is 0 Å².